The molecule has 0 saturated carbocycles. The quantitative estimate of drug-likeness (QED) is 0.740. The number of ether oxygens (including phenoxy) is 1. The van der Waals surface area contributed by atoms with E-state index in [9.17, 15) is 9.59 Å². The fraction of sp³-hybridized carbons (Fsp3) is 0.500. The number of esters is 1. The van der Waals surface area contributed by atoms with Gasteiger partial charge in [-0.25, -0.2) is 4.79 Å². The van der Waals surface area contributed by atoms with E-state index in [0.717, 1.165) is 0 Å². The molecule has 0 saturated heterocycles. The molecule has 1 aromatic rings. The van der Waals surface area contributed by atoms with Gasteiger partial charge >= 0.3 is 5.97 Å². The van der Waals surface area contributed by atoms with E-state index < -0.39 is 11.5 Å². The monoisotopic (exact) mass is 225 g/mol. The Morgan fingerprint density at radius 3 is 2.56 bits per heavy atom. The Bertz CT molecular complexity index is 409. The van der Waals surface area contributed by atoms with Gasteiger partial charge in [-0.15, -0.1) is 0 Å². The first-order valence-electron chi connectivity index (χ1n) is 4.76. The Kier molecular flexibility index (Phi) is 3.31. The fourth-order valence-corrected chi connectivity index (χ4v) is 1.20. The van der Waals surface area contributed by atoms with Crippen LogP contribution in [0, 0.1) is 0 Å². The summed E-state index contributed by atoms with van der Waals surface area (Å²) < 4.78 is 6.10. The number of rotatable bonds is 3. The van der Waals surface area contributed by atoms with E-state index in [1.807, 2.05) is 0 Å². The third kappa shape index (κ3) is 2.59. The van der Waals surface area contributed by atoms with E-state index in [0.29, 0.717) is 5.56 Å². The van der Waals surface area contributed by atoms with Crippen LogP contribution in [0.25, 0.3) is 0 Å². The van der Waals surface area contributed by atoms with Crippen LogP contribution in [0.4, 0.5) is 0 Å². The SMILES string of the molecule is COC(=O)C(C)(C)NC(=O)c1cnn(C)c1. The number of carbonyl (C=O) groups excluding carboxylic acids is 2. The molecule has 1 heterocycles. The predicted octanol–water partition coefficient (Wildman–Crippen LogP) is 0.101. The van der Waals surface area contributed by atoms with Gasteiger partial charge in [0.15, 0.2) is 0 Å². The average Bonchev–Trinajstić information content (AvgIpc) is 2.63. The second-order valence-corrected chi connectivity index (χ2v) is 3.97. The van der Waals surface area contributed by atoms with Crippen LogP contribution in [-0.2, 0) is 16.6 Å². The molecule has 0 unspecified atom stereocenters. The van der Waals surface area contributed by atoms with Crippen LogP contribution >= 0.6 is 0 Å². The minimum atomic E-state index is -1.05. The highest BCUT2D eigenvalue weighted by Crippen LogP contribution is 2.07. The molecule has 0 spiro atoms. The topological polar surface area (TPSA) is 73.2 Å². The minimum Gasteiger partial charge on any atom is -0.467 e. The lowest BCUT2D eigenvalue weighted by molar-refractivity contribution is -0.146. The Morgan fingerprint density at radius 2 is 2.12 bits per heavy atom. The Hall–Kier alpha value is -1.85. The lowest BCUT2D eigenvalue weighted by Crippen LogP contribution is -2.50. The molecule has 1 amide bonds. The zero-order valence-corrected chi connectivity index (χ0v) is 9.77. The van der Waals surface area contributed by atoms with Crippen molar-refractivity contribution in [3.8, 4) is 0 Å². The molecule has 0 aliphatic heterocycles. The first kappa shape index (κ1) is 12.2. The van der Waals surface area contributed by atoms with E-state index in [2.05, 4.69) is 15.2 Å². The summed E-state index contributed by atoms with van der Waals surface area (Å²) in [6.07, 6.45) is 3.01. The highest BCUT2D eigenvalue weighted by molar-refractivity contribution is 5.97. The zero-order chi connectivity index (χ0) is 12.3. The van der Waals surface area contributed by atoms with Gasteiger partial charge in [-0.2, -0.15) is 5.10 Å². The lowest BCUT2D eigenvalue weighted by Gasteiger charge is -2.22. The molecule has 1 N–H and O–H groups in total. The molecule has 16 heavy (non-hydrogen) atoms. The maximum atomic E-state index is 11.7. The van der Waals surface area contributed by atoms with E-state index in [-0.39, 0.29) is 5.91 Å². The summed E-state index contributed by atoms with van der Waals surface area (Å²) in [6, 6.07) is 0. The second kappa shape index (κ2) is 4.34. The standard InChI is InChI=1S/C10H15N3O3/c1-10(2,9(15)16-4)12-8(14)7-5-11-13(3)6-7/h5-6H,1-4H3,(H,12,14). The van der Waals surface area contributed by atoms with E-state index in [1.165, 1.54) is 18.0 Å². The van der Waals surface area contributed by atoms with Gasteiger partial charge in [0, 0.05) is 13.2 Å². The summed E-state index contributed by atoms with van der Waals surface area (Å²) in [5.74, 6) is -0.853. The van der Waals surface area contributed by atoms with Crippen molar-refractivity contribution in [1.29, 1.82) is 0 Å². The summed E-state index contributed by atoms with van der Waals surface area (Å²) in [5, 5.41) is 6.44. The van der Waals surface area contributed by atoms with Crippen molar-refractivity contribution in [3.05, 3.63) is 18.0 Å². The number of amides is 1. The molecule has 0 aromatic carbocycles. The normalized spacial score (nSPS) is 11.0. The highest BCUT2D eigenvalue weighted by atomic mass is 16.5. The Morgan fingerprint density at radius 1 is 1.50 bits per heavy atom. The van der Waals surface area contributed by atoms with Gasteiger partial charge in [-0.3, -0.25) is 9.48 Å². The molecular weight excluding hydrogens is 210 g/mol. The van der Waals surface area contributed by atoms with Gasteiger partial charge in [-0.05, 0) is 13.8 Å². The van der Waals surface area contributed by atoms with Crippen LogP contribution in [0.5, 0.6) is 0 Å². The number of nitrogens with one attached hydrogen (secondary N) is 1. The van der Waals surface area contributed by atoms with Gasteiger partial charge in [-0.1, -0.05) is 0 Å². The molecule has 6 nitrogen and oxygen atoms in total. The van der Waals surface area contributed by atoms with Gasteiger partial charge in [0.1, 0.15) is 5.54 Å². The Labute approximate surface area is 93.6 Å². The van der Waals surface area contributed by atoms with Crippen molar-refractivity contribution in [3.63, 3.8) is 0 Å². The average molecular weight is 225 g/mol. The van der Waals surface area contributed by atoms with Crippen LogP contribution in [-0.4, -0.2) is 34.3 Å². The fourth-order valence-electron chi connectivity index (χ4n) is 1.20. The molecular formula is C10H15N3O3. The number of hydrogen-bond donors (Lipinski definition) is 1. The Balaban J connectivity index is 2.75. The molecule has 6 heteroatoms. The molecule has 0 aliphatic carbocycles. The molecule has 0 fully saturated rings. The number of nitrogens with zero attached hydrogens (tertiary/aromatic N) is 2. The van der Waals surface area contributed by atoms with Crippen LogP contribution in [0.3, 0.4) is 0 Å². The zero-order valence-electron chi connectivity index (χ0n) is 9.77. The lowest BCUT2D eigenvalue weighted by atomic mass is 10.1. The number of methoxy groups -OCH3 is 1. The van der Waals surface area contributed by atoms with Crippen molar-refractivity contribution in [2.45, 2.75) is 19.4 Å². The van der Waals surface area contributed by atoms with Gasteiger partial charge in [0.25, 0.3) is 5.91 Å². The van der Waals surface area contributed by atoms with E-state index in [1.54, 1.807) is 27.1 Å². The van der Waals surface area contributed by atoms with Crippen molar-refractivity contribution >= 4 is 11.9 Å². The molecule has 1 aromatic heterocycles. The molecule has 88 valence electrons. The number of carbonyl (C=O) groups is 2. The third-order valence-electron chi connectivity index (χ3n) is 2.09. The number of aryl methyl sites for hydroxylation is 1. The van der Waals surface area contributed by atoms with Crippen molar-refractivity contribution < 1.29 is 14.3 Å². The third-order valence-corrected chi connectivity index (χ3v) is 2.09. The predicted molar refractivity (Wildman–Crippen MR) is 56.8 cm³/mol. The van der Waals surface area contributed by atoms with E-state index >= 15 is 0 Å². The summed E-state index contributed by atoms with van der Waals surface area (Å²) in [6.45, 7) is 3.15. The summed E-state index contributed by atoms with van der Waals surface area (Å²) >= 11 is 0. The first-order valence-corrected chi connectivity index (χ1v) is 4.76. The second-order valence-electron chi connectivity index (χ2n) is 3.97. The maximum absolute atomic E-state index is 11.7. The minimum absolute atomic E-state index is 0.358. The van der Waals surface area contributed by atoms with Crippen LogP contribution in [0.15, 0.2) is 12.4 Å². The summed E-state index contributed by atoms with van der Waals surface area (Å²) in [7, 11) is 2.99. The largest absolute Gasteiger partial charge is 0.467 e. The van der Waals surface area contributed by atoms with E-state index in [4.69, 9.17) is 0 Å². The smallest absolute Gasteiger partial charge is 0.330 e. The first-order chi connectivity index (χ1) is 7.36. The molecule has 0 aliphatic rings. The summed E-state index contributed by atoms with van der Waals surface area (Å²) in [4.78, 5) is 23.1. The van der Waals surface area contributed by atoms with Gasteiger partial charge < -0.3 is 10.1 Å². The highest BCUT2D eigenvalue weighted by Gasteiger charge is 2.31. The number of aromatic nitrogens is 2. The van der Waals surface area contributed by atoms with Gasteiger partial charge in [0.2, 0.25) is 0 Å². The maximum Gasteiger partial charge on any atom is 0.330 e. The molecule has 0 radical (unpaired) electrons. The molecule has 1 rings (SSSR count). The van der Waals surface area contributed by atoms with Crippen LogP contribution < -0.4 is 5.32 Å². The van der Waals surface area contributed by atoms with Gasteiger partial charge in [0.05, 0.1) is 18.9 Å². The van der Waals surface area contributed by atoms with Crippen molar-refractivity contribution in [2.24, 2.45) is 7.05 Å². The van der Waals surface area contributed by atoms with Crippen LogP contribution in [0.1, 0.15) is 24.2 Å². The molecule has 0 atom stereocenters. The van der Waals surface area contributed by atoms with Crippen LogP contribution in [0.2, 0.25) is 0 Å². The van der Waals surface area contributed by atoms with Crippen molar-refractivity contribution in [2.75, 3.05) is 7.11 Å². The van der Waals surface area contributed by atoms with Crippen molar-refractivity contribution in [1.82, 2.24) is 15.1 Å². The number of hydrogen-bond acceptors (Lipinski definition) is 4. The summed E-state index contributed by atoms with van der Waals surface area (Å²) in [5.41, 5.74) is -0.652. The molecule has 0 bridgehead atoms.